The van der Waals surface area contributed by atoms with Crippen LogP contribution in [-0.2, 0) is 16.1 Å². The first-order valence-corrected chi connectivity index (χ1v) is 7.22. The predicted molar refractivity (Wildman–Crippen MR) is 80.3 cm³/mol. The van der Waals surface area contributed by atoms with Gasteiger partial charge in [0.15, 0.2) is 0 Å². The Morgan fingerprint density at radius 3 is 2.41 bits per heavy atom. The van der Waals surface area contributed by atoms with E-state index in [1.807, 2.05) is 0 Å². The van der Waals surface area contributed by atoms with Crippen molar-refractivity contribution in [1.29, 1.82) is 0 Å². The molecule has 0 radical (unpaired) electrons. The molecule has 0 aromatic heterocycles. The molecule has 6 nitrogen and oxygen atoms in total. The number of carbonyl (C=O) groups is 3. The largest absolute Gasteiger partial charge is 0.480 e. The SMILES string of the molecule is CC(C)(NC(=O)c1ccc(CN2CCCC2=O)cc1)C(=O)O. The predicted octanol–water partition coefficient (Wildman–Crippen LogP) is 1.40. The number of carbonyl (C=O) groups excluding carboxylic acids is 2. The lowest BCUT2D eigenvalue weighted by molar-refractivity contribution is -0.143. The summed E-state index contributed by atoms with van der Waals surface area (Å²) in [7, 11) is 0. The van der Waals surface area contributed by atoms with Crippen molar-refractivity contribution < 1.29 is 19.5 Å². The molecular formula is C16H20N2O4. The lowest BCUT2D eigenvalue weighted by Gasteiger charge is -2.21. The summed E-state index contributed by atoms with van der Waals surface area (Å²) in [5, 5.41) is 11.5. The molecule has 1 aromatic carbocycles. The standard InChI is InChI=1S/C16H20N2O4/c1-16(2,15(21)22)17-14(20)12-7-5-11(6-8-12)10-18-9-3-4-13(18)19/h5-8H,3-4,9-10H2,1-2H3,(H,17,20)(H,21,22). The van der Waals surface area contributed by atoms with E-state index in [0.717, 1.165) is 18.5 Å². The molecule has 1 fully saturated rings. The second-order valence-electron chi connectivity index (χ2n) is 6.00. The van der Waals surface area contributed by atoms with Crippen LogP contribution in [0.15, 0.2) is 24.3 Å². The Labute approximate surface area is 129 Å². The van der Waals surface area contributed by atoms with Crippen LogP contribution in [0, 0.1) is 0 Å². The molecule has 2 rings (SSSR count). The zero-order valence-electron chi connectivity index (χ0n) is 12.8. The smallest absolute Gasteiger partial charge is 0.328 e. The van der Waals surface area contributed by atoms with E-state index < -0.39 is 17.4 Å². The van der Waals surface area contributed by atoms with Crippen molar-refractivity contribution in [2.24, 2.45) is 0 Å². The highest BCUT2D eigenvalue weighted by atomic mass is 16.4. The maximum Gasteiger partial charge on any atom is 0.328 e. The van der Waals surface area contributed by atoms with Gasteiger partial charge in [0.25, 0.3) is 5.91 Å². The lowest BCUT2D eigenvalue weighted by atomic mass is 10.0. The van der Waals surface area contributed by atoms with Gasteiger partial charge in [-0.05, 0) is 38.0 Å². The first-order valence-electron chi connectivity index (χ1n) is 7.22. The second-order valence-corrected chi connectivity index (χ2v) is 6.00. The van der Waals surface area contributed by atoms with E-state index in [1.165, 1.54) is 13.8 Å². The fourth-order valence-electron chi connectivity index (χ4n) is 2.26. The van der Waals surface area contributed by atoms with Crippen molar-refractivity contribution in [1.82, 2.24) is 10.2 Å². The van der Waals surface area contributed by atoms with Gasteiger partial charge in [-0.25, -0.2) is 4.79 Å². The molecule has 0 saturated carbocycles. The fourth-order valence-corrected chi connectivity index (χ4v) is 2.26. The normalized spacial score (nSPS) is 15.0. The molecule has 118 valence electrons. The Morgan fingerprint density at radius 2 is 1.91 bits per heavy atom. The first-order chi connectivity index (χ1) is 10.3. The van der Waals surface area contributed by atoms with E-state index in [2.05, 4.69) is 5.32 Å². The first kappa shape index (κ1) is 16.0. The number of carboxylic acids is 1. The van der Waals surface area contributed by atoms with E-state index in [4.69, 9.17) is 5.11 Å². The minimum Gasteiger partial charge on any atom is -0.480 e. The van der Waals surface area contributed by atoms with Crippen LogP contribution in [0.5, 0.6) is 0 Å². The number of hydrogen-bond donors (Lipinski definition) is 2. The number of nitrogens with zero attached hydrogens (tertiary/aromatic N) is 1. The molecule has 1 heterocycles. The third-order valence-electron chi connectivity index (χ3n) is 3.72. The number of carboxylic acid groups (broad SMARTS) is 1. The molecule has 0 aliphatic carbocycles. The van der Waals surface area contributed by atoms with Crippen molar-refractivity contribution in [3.63, 3.8) is 0 Å². The Kier molecular flexibility index (Phi) is 4.49. The topological polar surface area (TPSA) is 86.7 Å². The van der Waals surface area contributed by atoms with E-state index in [-0.39, 0.29) is 5.91 Å². The molecule has 2 amide bonds. The summed E-state index contributed by atoms with van der Waals surface area (Å²) >= 11 is 0. The van der Waals surface area contributed by atoms with E-state index >= 15 is 0 Å². The fraction of sp³-hybridized carbons (Fsp3) is 0.438. The molecule has 2 N–H and O–H groups in total. The summed E-state index contributed by atoms with van der Waals surface area (Å²) in [6.45, 7) is 4.18. The molecular weight excluding hydrogens is 284 g/mol. The minimum atomic E-state index is -1.32. The molecule has 1 aliphatic rings. The molecule has 22 heavy (non-hydrogen) atoms. The maximum atomic E-state index is 12.0. The van der Waals surface area contributed by atoms with Crippen LogP contribution < -0.4 is 5.32 Å². The quantitative estimate of drug-likeness (QED) is 0.861. The number of benzene rings is 1. The van der Waals surface area contributed by atoms with Crippen molar-refractivity contribution in [2.75, 3.05) is 6.54 Å². The molecule has 0 unspecified atom stereocenters. The average molecular weight is 304 g/mol. The molecule has 1 aromatic rings. The molecule has 0 bridgehead atoms. The summed E-state index contributed by atoms with van der Waals surface area (Å²) in [5.41, 5.74) is 0.0210. The lowest BCUT2D eigenvalue weighted by Crippen LogP contribution is -2.49. The summed E-state index contributed by atoms with van der Waals surface area (Å²) < 4.78 is 0. The van der Waals surface area contributed by atoms with Gasteiger partial charge in [0.05, 0.1) is 0 Å². The van der Waals surface area contributed by atoms with Gasteiger partial charge in [-0.3, -0.25) is 9.59 Å². The summed E-state index contributed by atoms with van der Waals surface area (Å²) in [6.07, 6.45) is 1.49. The molecule has 6 heteroatoms. The minimum absolute atomic E-state index is 0.157. The molecule has 0 spiro atoms. The Bertz CT molecular complexity index is 593. The van der Waals surface area contributed by atoms with Crippen molar-refractivity contribution in [3.8, 4) is 0 Å². The summed E-state index contributed by atoms with van der Waals surface area (Å²) in [4.78, 5) is 36.4. The zero-order chi connectivity index (χ0) is 16.3. The highest BCUT2D eigenvalue weighted by molar-refractivity contribution is 5.97. The Morgan fingerprint density at radius 1 is 1.27 bits per heavy atom. The van der Waals surface area contributed by atoms with Gasteiger partial charge < -0.3 is 15.3 Å². The third-order valence-corrected chi connectivity index (χ3v) is 3.72. The van der Waals surface area contributed by atoms with Gasteiger partial charge >= 0.3 is 5.97 Å². The molecule has 0 atom stereocenters. The maximum absolute atomic E-state index is 12.0. The van der Waals surface area contributed by atoms with Crippen LogP contribution in [-0.4, -0.2) is 39.9 Å². The van der Waals surface area contributed by atoms with Gasteiger partial charge in [-0.2, -0.15) is 0 Å². The van der Waals surface area contributed by atoms with Gasteiger partial charge in [0, 0.05) is 25.1 Å². The Balaban J connectivity index is 2.01. The van der Waals surface area contributed by atoms with Crippen LogP contribution in [0.1, 0.15) is 42.6 Å². The van der Waals surface area contributed by atoms with E-state index in [1.54, 1.807) is 29.2 Å². The highest BCUT2D eigenvalue weighted by Crippen LogP contribution is 2.15. The van der Waals surface area contributed by atoms with Crippen LogP contribution in [0.4, 0.5) is 0 Å². The van der Waals surface area contributed by atoms with Crippen LogP contribution >= 0.6 is 0 Å². The van der Waals surface area contributed by atoms with Gasteiger partial charge in [-0.15, -0.1) is 0 Å². The Hall–Kier alpha value is -2.37. The number of nitrogens with one attached hydrogen (secondary N) is 1. The monoisotopic (exact) mass is 304 g/mol. The van der Waals surface area contributed by atoms with Crippen LogP contribution in [0.2, 0.25) is 0 Å². The van der Waals surface area contributed by atoms with Crippen LogP contribution in [0.25, 0.3) is 0 Å². The third kappa shape index (κ3) is 3.63. The summed E-state index contributed by atoms with van der Waals surface area (Å²) in [6, 6.07) is 6.86. The van der Waals surface area contributed by atoms with Gasteiger partial charge in [0.1, 0.15) is 5.54 Å². The number of likely N-dealkylation sites (tertiary alicyclic amines) is 1. The average Bonchev–Trinajstić information content (AvgIpc) is 2.84. The van der Waals surface area contributed by atoms with Crippen molar-refractivity contribution in [2.45, 2.75) is 38.8 Å². The van der Waals surface area contributed by atoms with E-state index in [0.29, 0.717) is 18.5 Å². The second kappa shape index (κ2) is 6.17. The van der Waals surface area contributed by atoms with Gasteiger partial charge in [0.2, 0.25) is 5.91 Å². The van der Waals surface area contributed by atoms with Gasteiger partial charge in [-0.1, -0.05) is 12.1 Å². The highest BCUT2D eigenvalue weighted by Gasteiger charge is 2.29. The van der Waals surface area contributed by atoms with Crippen molar-refractivity contribution in [3.05, 3.63) is 35.4 Å². The molecule has 1 saturated heterocycles. The number of aliphatic carboxylic acids is 1. The number of rotatable bonds is 5. The molecule has 1 aliphatic heterocycles. The van der Waals surface area contributed by atoms with E-state index in [9.17, 15) is 14.4 Å². The zero-order valence-corrected chi connectivity index (χ0v) is 12.8. The summed E-state index contributed by atoms with van der Waals surface area (Å²) in [5.74, 6) is -1.37. The number of hydrogen-bond acceptors (Lipinski definition) is 3. The van der Waals surface area contributed by atoms with Crippen LogP contribution in [0.3, 0.4) is 0 Å². The van der Waals surface area contributed by atoms with Crippen molar-refractivity contribution >= 4 is 17.8 Å². The number of amides is 2.